The topological polar surface area (TPSA) is 73.2 Å². The van der Waals surface area contributed by atoms with Crippen LogP contribution < -0.4 is 10.2 Å². The molecule has 1 fully saturated rings. The summed E-state index contributed by atoms with van der Waals surface area (Å²) in [6, 6.07) is 22.0. The highest BCUT2D eigenvalue weighted by atomic mass is 35.5. The zero-order valence-electron chi connectivity index (χ0n) is 18.9. The second-order valence-corrected chi connectivity index (χ2v) is 10.00. The largest absolute Gasteiger partial charge is 0.351 e. The number of nitrogens with one attached hydrogen (secondary N) is 1. The van der Waals surface area contributed by atoms with E-state index in [-0.39, 0.29) is 16.5 Å². The second kappa shape index (κ2) is 11.6. The van der Waals surface area contributed by atoms with E-state index in [0.29, 0.717) is 35.1 Å². The Balaban J connectivity index is 1.62. The number of nitrogens with zero attached hydrogens (tertiary/aromatic N) is 2. The van der Waals surface area contributed by atoms with E-state index >= 15 is 0 Å². The van der Waals surface area contributed by atoms with Crippen LogP contribution in [-0.4, -0.2) is 23.6 Å². The van der Waals surface area contributed by atoms with Crippen molar-refractivity contribution < 1.29 is 14.0 Å². The Labute approximate surface area is 222 Å². The number of nitriles is 1. The number of anilines is 1. The Hall–Kier alpha value is -3.31. The first-order chi connectivity index (χ1) is 17.4. The number of hydrogen-bond donors (Lipinski definition) is 1. The first-order valence-electron chi connectivity index (χ1n) is 11.0. The Bertz CT molecular complexity index is 1360. The molecule has 4 rings (SSSR count). The summed E-state index contributed by atoms with van der Waals surface area (Å²) in [4.78, 5) is 27.8. The number of amides is 2. The minimum atomic E-state index is -0.622. The van der Waals surface area contributed by atoms with Crippen LogP contribution in [0.25, 0.3) is 0 Å². The van der Waals surface area contributed by atoms with Crippen LogP contribution >= 0.6 is 35.0 Å². The van der Waals surface area contributed by atoms with Crippen molar-refractivity contribution in [3.8, 4) is 6.07 Å². The van der Waals surface area contributed by atoms with E-state index in [9.17, 15) is 19.2 Å². The molecule has 2 amide bonds. The van der Waals surface area contributed by atoms with Crippen LogP contribution in [-0.2, 0) is 22.4 Å². The highest BCUT2D eigenvalue weighted by Gasteiger charge is 2.40. The maximum atomic E-state index is 13.6. The molecule has 1 saturated heterocycles. The minimum Gasteiger partial charge on any atom is -0.351 e. The molecule has 0 aromatic heterocycles. The molecule has 0 bridgehead atoms. The van der Waals surface area contributed by atoms with Gasteiger partial charge in [0.2, 0.25) is 5.91 Å². The lowest BCUT2D eigenvalue weighted by Gasteiger charge is -2.18. The summed E-state index contributed by atoms with van der Waals surface area (Å²) in [6.07, 6.45) is 0.893. The van der Waals surface area contributed by atoms with Crippen molar-refractivity contribution in [3.05, 3.63) is 110 Å². The molecular formula is C27H20Cl2FN3O2S. The van der Waals surface area contributed by atoms with Gasteiger partial charge in [-0.05, 0) is 60.4 Å². The summed E-state index contributed by atoms with van der Waals surface area (Å²) >= 11 is 13.3. The van der Waals surface area contributed by atoms with Crippen molar-refractivity contribution in [2.45, 2.75) is 18.1 Å². The predicted molar refractivity (Wildman–Crippen MR) is 141 cm³/mol. The molecule has 3 aromatic rings. The first-order valence-corrected chi connectivity index (χ1v) is 12.7. The number of carbonyl (C=O) groups is 2. The van der Waals surface area contributed by atoms with Gasteiger partial charge in [0, 0.05) is 12.2 Å². The molecule has 3 aromatic carbocycles. The minimum absolute atomic E-state index is 0.178. The maximum Gasteiger partial charge on any atom is 0.264 e. The molecule has 5 nitrogen and oxygen atoms in total. The summed E-state index contributed by atoms with van der Waals surface area (Å²) in [6.45, 7) is 0.323. The van der Waals surface area contributed by atoms with E-state index in [2.05, 4.69) is 5.32 Å². The summed E-state index contributed by atoms with van der Waals surface area (Å²) in [5, 5.41) is 13.0. The molecule has 0 unspecified atom stereocenters. The van der Waals surface area contributed by atoms with Crippen molar-refractivity contribution in [2.24, 2.45) is 0 Å². The summed E-state index contributed by atoms with van der Waals surface area (Å²) in [7, 11) is 0. The van der Waals surface area contributed by atoms with Crippen LogP contribution in [0.5, 0.6) is 0 Å². The first kappa shape index (κ1) is 25.8. The number of hydrogen-bond acceptors (Lipinski definition) is 4. The quantitative estimate of drug-likeness (QED) is 0.299. The Morgan fingerprint density at radius 3 is 2.42 bits per heavy atom. The van der Waals surface area contributed by atoms with Gasteiger partial charge in [-0.3, -0.25) is 14.5 Å². The predicted octanol–water partition coefficient (Wildman–Crippen LogP) is 5.92. The maximum absolute atomic E-state index is 13.6. The molecular weight excluding hydrogens is 520 g/mol. The Morgan fingerprint density at radius 1 is 1.03 bits per heavy atom. The van der Waals surface area contributed by atoms with E-state index < -0.39 is 17.0 Å². The third kappa shape index (κ3) is 5.90. The molecule has 36 heavy (non-hydrogen) atoms. The van der Waals surface area contributed by atoms with Gasteiger partial charge < -0.3 is 5.32 Å². The van der Waals surface area contributed by atoms with Crippen LogP contribution in [0.2, 0.25) is 10.0 Å². The molecule has 0 saturated carbocycles. The van der Waals surface area contributed by atoms with Crippen molar-refractivity contribution in [3.63, 3.8) is 0 Å². The van der Waals surface area contributed by atoms with Gasteiger partial charge in [0.25, 0.3) is 5.91 Å². The number of benzene rings is 3. The molecule has 1 aliphatic rings. The normalized spacial score (nSPS) is 16.6. The zero-order valence-corrected chi connectivity index (χ0v) is 21.2. The van der Waals surface area contributed by atoms with Crippen LogP contribution in [0, 0.1) is 17.1 Å². The Morgan fingerprint density at radius 2 is 1.75 bits per heavy atom. The monoisotopic (exact) mass is 539 g/mol. The number of rotatable bonds is 7. The standard InChI is InChI=1S/C27H20Cl2FN3O2S/c28-22-11-6-18(14-23(22)29)15-24-26(35)33(20-9-7-19(30)8-10-20)27(36-24)21(16-31)25(34)32-13-12-17-4-2-1-3-5-17/h1-11,14,24H,12-13,15H2,(H,32,34)/b27-21-/t24-/m0/s1. The van der Waals surface area contributed by atoms with Crippen molar-refractivity contribution in [2.75, 3.05) is 11.4 Å². The van der Waals surface area contributed by atoms with Crippen LogP contribution in [0.15, 0.2) is 83.4 Å². The van der Waals surface area contributed by atoms with Gasteiger partial charge in [0.15, 0.2) is 0 Å². The van der Waals surface area contributed by atoms with Crippen LogP contribution in [0.3, 0.4) is 0 Å². The molecule has 1 atom stereocenters. The molecule has 182 valence electrons. The molecule has 0 aliphatic carbocycles. The van der Waals surface area contributed by atoms with Crippen molar-refractivity contribution >= 4 is 52.5 Å². The second-order valence-electron chi connectivity index (χ2n) is 7.99. The summed E-state index contributed by atoms with van der Waals surface area (Å²) in [5.74, 6) is -1.36. The molecule has 0 radical (unpaired) electrons. The van der Waals surface area contributed by atoms with Gasteiger partial charge in [-0.1, -0.05) is 71.4 Å². The highest BCUT2D eigenvalue weighted by Crippen LogP contribution is 2.42. The fourth-order valence-corrected chi connectivity index (χ4v) is 5.38. The van der Waals surface area contributed by atoms with E-state index in [4.69, 9.17) is 23.2 Å². The van der Waals surface area contributed by atoms with Gasteiger partial charge in [0.05, 0.1) is 15.3 Å². The van der Waals surface area contributed by atoms with Gasteiger partial charge in [-0.15, -0.1) is 0 Å². The average molecular weight is 540 g/mol. The van der Waals surface area contributed by atoms with E-state index in [1.165, 1.54) is 29.2 Å². The SMILES string of the molecule is N#C/C(C(=O)NCCc1ccccc1)=C1/S[C@@H](Cc2ccc(Cl)c(Cl)c2)C(=O)N1c1ccc(F)cc1. The number of thioether (sulfide) groups is 1. The summed E-state index contributed by atoms with van der Waals surface area (Å²) in [5.41, 5.74) is 2.01. The average Bonchev–Trinajstić information content (AvgIpc) is 3.18. The van der Waals surface area contributed by atoms with E-state index in [1.54, 1.807) is 18.2 Å². The van der Waals surface area contributed by atoms with Gasteiger partial charge in [0.1, 0.15) is 22.5 Å². The van der Waals surface area contributed by atoms with E-state index in [0.717, 1.165) is 22.9 Å². The van der Waals surface area contributed by atoms with Crippen molar-refractivity contribution in [1.82, 2.24) is 5.32 Å². The molecule has 1 aliphatic heterocycles. The highest BCUT2D eigenvalue weighted by molar-refractivity contribution is 8.05. The molecule has 9 heteroatoms. The third-order valence-electron chi connectivity index (χ3n) is 5.54. The van der Waals surface area contributed by atoms with Crippen LogP contribution in [0.1, 0.15) is 11.1 Å². The molecule has 1 N–H and O–H groups in total. The smallest absolute Gasteiger partial charge is 0.264 e. The zero-order chi connectivity index (χ0) is 25.7. The van der Waals surface area contributed by atoms with Crippen LogP contribution in [0.4, 0.5) is 10.1 Å². The molecule has 0 spiro atoms. The van der Waals surface area contributed by atoms with Gasteiger partial charge >= 0.3 is 0 Å². The summed E-state index contributed by atoms with van der Waals surface area (Å²) < 4.78 is 13.6. The number of carbonyl (C=O) groups excluding carboxylic acids is 2. The van der Waals surface area contributed by atoms with E-state index in [1.807, 2.05) is 36.4 Å². The molecule has 1 heterocycles. The lowest BCUT2D eigenvalue weighted by molar-refractivity contribution is -0.117. The van der Waals surface area contributed by atoms with Gasteiger partial charge in [-0.25, -0.2) is 4.39 Å². The van der Waals surface area contributed by atoms with Gasteiger partial charge in [-0.2, -0.15) is 5.26 Å². The Kier molecular flexibility index (Phi) is 8.32. The fraction of sp³-hybridized carbons (Fsp3) is 0.148. The third-order valence-corrected chi connectivity index (χ3v) is 7.54. The fourth-order valence-electron chi connectivity index (χ4n) is 3.75. The number of halogens is 3. The lowest BCUT2D eigenvalue weighted by atomic mass is 10.1. The lowest BCUT2D eigenvalue weighted by Crippen LogP contribution is -2.32. The van der Waals surface area contributed by atoms with Crippen molar-refractivity contribution in [1.29, 1.82) is 5.26 Å².